The van der Waals surface area contributed by atoms with Crippen LogP contribution in [0.4, 0.5) is 0 Å². The van der Waals surface area contributed by atoms with E-state index in [1.165, 1.54) is 5.56 Å². The number of rotatable bonds is 7. The average Bonchev–Trinajstić information content (AvgIpc) is 3.09. The number of hydrogen-bond donors (Lipinski definition) is 2. The summed E-state index contributed by atoms with van der Waals surface area (Å²) in [5, 5.41) is 7.48. The number of nitrogens with zero attached hydrogens (tertiary/aromatic N) is 4. The van der Waals surface area contributed by atoms with Crippen LogP contribution in [0.1, 0.15) is 16.8 Å². The van der Waals surface area contributed by atoms with Crippen LogP contribution < -0.4 is 11.1 Å². The van der Waals surface area contributed by atoms with Crippen LogP contribution in [0.3, 0.4) is 0 Å². The lowest BCUT2D eigenvalue weighted by Crippen LogP contribution is -2.33. The van der Waals surface area contributed by atoms with Gasteiger partial charge in [-0.1, -0.05) is 36.4 Å². The van der Waals surface area contributed by atoms with Gasteiger partial charge in [0.05, 0.1) is 19.3 Å². The Kier molecular flexibility index (Phi) is 5.77. The third-order valence-corrected chi connectivity index (χ3v) is 3.72. The number of benzene rings is 1. The quantitative estimate of drug-likeness (QED) is 0.511. The number of hydrogen-bond acceptors (Lipinski definition) is 3. The van der Waals surface area contributed by atoms with E-state index in [2.05, 4.69) is 32.5 Å². The molecule has 0 fully saturated rings. The maximum Gasteiger partial charge on any atom is 0.188 e. The van der Waals surface area contributed by atoms with E-state index in [1.807, 2.05) is 53.5 Å². The van der Waals surface area contributed by atoms with E-state index in [4.69, 9.17) is 5.73 Å². The molecule has 0 aliphatic rings. The van der Waals surface area contributed by atoms with E-state index in [9.17, 15) is 0 Å². The molecule has 3 aromatic rings. The molecule has 2 aromatic heterocycles. The van der Waals surface area contributed by atoms with Gasteiger partial charge in [-0.2, -0.15) is 5.10 Å². The molecule has 0 amide bonds. The molecule has 0 aliphatic heterocycles. The van der Waals surface area contributed by atoms with E-state index >= 15 is 0 Å². The minimum atomic E-state index is 0.437. The zero-order valence-electron chi connectivity index (χ0n) is 14.0. The second-order valence-electron chi connectivity index (χ2n) is 5.73. The lowest BCUT2D eigenvalue weighted by molar-refractivity contribution is 0.686. The molecule has 2 heterocycles. The average molecular weight is 334 g/mol. The zero-order valence-corrected chi connectivity index (χ0v) is 14.0. The molecule has 25 heavy (non-hydrogen) atoms. The van der Waals surface area contributed by atoms with Crippen molar-refractivity contribution in [2.75, 3.05) is 6.54 Å². The summed E-state index contributed by atoms with van der Waals surface area (Å²) in [4.78, 5) is 8.63. The summed E-state index contributed by atoms with van der Waals surface area (Å²) in [6, 6.07) is 16.1. The topological polar surface area (TPSA) is 81.1 Å². The third-order valence-electron chi connectivity index (χ3n) is 3.72. The Morgan fingerprint density at radius 2 is 1.92 bits per heavy atom. The molecular formula is C19H22N6. The van der Waals surface area contributed by atoms with Crippen LogP contribution in [0, 0.1) is 0 Å². The Labute approximate surface area is 147 Å². The summed E-state index contributed by atoms with van der Waals surface area (Å²) in [5.41, 5.74) is 9.19. The van der Waals surface area contributed by atoms with Gasteiger partial charge in [-0.3, -0.25) is 9.67 Å². The second kappa shape index (κ2) is 8.63. The van der Waals surface area contributed by atoms with E-state index in [1.54, 1.807) is 6.20 Å². The summed E-state index contributed by atoms with van der Waals surface area (Å²) in [7, 11) is 0. The first kappa shape index (κ1) is 16.7. The second-order valence-corrected chi connectivity index (χ2v) is 5.73. The minimum Gasteiger partial charge on any atom is -0.370 e. The van der Waals surface area contributed by atoms with Gasteiger partial charge in [0, 0.05) is 36.6 Å². The maximum absolute atomic E-state index is 5.91. The highest BCUT2D eigenvalue weighted by Gasteiger charge is 2.00. The zero-order chi connectivity index (χ0) is 17.3. The smallest absolute Gasteiger partial charge is 0.188 e. The molecule has 0 spiro atoms. The Hall–Kier alpha value is -3.15. The van der Waals surface area contributed by atoms with Crippen LogP contribution in [0.2, 0.25) is 0 Å². The normalized spacial score (nSPS) is 11.4. The number of nitrogens with one attached hydrogen (secondary N) is 1. The molecule has 6 nitrogen and oxygen atoms in total. The highest BCUT2D eigenvalue weighted by atomic mass is 15.3. The molecule has 6 heteroatoms. The number of aliphatic imine (C=N–C) groups is 1. The molecule has 0 radical (unpaired) electrons. The van der Waals surface area contributed by atoms with Crippen molar-refractivity contribution in [2.45, 2.75) is 19.5 Å². The lowest BCUT2D eigenvalue weighted by atomic mass is 10.2. The summed E-state index contributed by atoms with van der Waals surface area (Å²) in [6.07, 6.45) is 6.43. The Morgan fingerprint density at radius 1 is 1.08 bits per heavy atom. The fourth-order valence-corrected chi connectivity index (χ4v) is 2.44. The molecule has 3 rings (SSSR count). The molecule has 0 unspecified atom stereocenters. The van der Waals surface area contributed by atoms with Crippen molar-refractivity contribution >= 4 is 5.96 Å². The van der Waals surface area contributed by atoms with Crippen molar-refractivity contribution in [3.05, 3.63) is 83.9 Å². The van der Waals surface area contributed by atoms with Crippen molar-refractivity contribution in [1.82, 2.24) is 20.1 Å². The molecular weight excluding hydrogens is 312 g/mol. The summed E-state index contributed by atoms with van der Waals surface area (Å²) in [5.74, 6) is 0.437. The van der Waals surface area contributed by atoms with Crippen LogP contribution in [-0.2, 0) is 19.5 Å². The van der Waals surface area contributed by atoms with Crippen molar-refractivity contribution in [3.8, 4) is 0 Å². The van der Waals surface area contributed by atoms with Crippen molar-refractivity contribution < 1.29 is 0 Å². The standard InChI is InChI=1S/C19H22N6/c20-19(22-11-9-18-8-4-5-10-21-18)23-12-17-13-24-25(15-17)14-16-6-2-1-3-7-16/h1-8,10,13,15H,9,11-12,14H2,(H3,20,22,23). The van der Waals surface area contributed by atoms with Crippen molar-refractivity contribution in [3.63, 3.8) is 0 Å². The summed E-state index contributed by atoms with van der Waals surface area (Å²) >= 11 is 0. The number of aromatic nitrogens is 3. The first-order chi connectivity index (χ1) is 12.3. The van der Waals surface area contributed by atoms with Gasteiger partial charge in [-0.15, -0.1) is 0 Å². The van der Waals surface area contributed by atoms with Crippen molar-refractivity contribution in [2.24, 2.45) is 10.7 Å². The number of guanidine groups is 1. The predicted molar refractivity (Wildman–Crippen MR) is 99.0 cm³/mol. The van der Waals surface area contributed by atoms with Gasteiger partial charge in [-0.25, -0.2) is 4.99 Å². The molecule has 0 atom stereocenters. The van der Waals surface area contributed by atoms with Gasteiger partial charge in [0.2, 0.25) is 0 Å². The van der Waals surface area contributed by atoms with Crippen LogP contribution in [0.25, 0.3) is 0 Å². The van der Waals surface area contributed by atoms with Gasteiger partial charge in [0.1, 0.15) is 0 Å². The number of pyridine rings is 1. The lowest BCUT2D eigenvalue weighted by Gasteiger charge is -2.04. The molecule has 0 aliphatic carbocycles. The van der Waals surface area contributed by atoms with E-state index < -0.39 is 0 Å². The monoisotopic (exact) mass is 334 g/mol. The number of nitrogens with two attached hydrogens (primary N) is 1. The minimum absolute atomic E-state index is 0.437. The summed E-state index contributed by atoms with van der Waals surface area (Å²) in [6.45, 7) is 1.97. The van der Waals surface area contributed by atoms with Crippen LogP contribution in [-0.4, -0.2) is 27.3 Å². The molecule has 0 bridgehead atoms. The first-order valence-electron chi connectivity index (χ1n) is 8.28. The molecule has 0 saturated heterocycles. The Morgan fingerprint density at radius 3 is 2.72 bits per heavy atom. The SMILES string of the molecule is NC(=NCc1cnn(Cc2ccccc2)c1)NCCc1ccccn1. The van der Waals surface area contributed by atoms with E-state index in [0.717, 1.165) is 24.2 Å². The molecule has 0 saturated carbocycles. The predicted octanol–water partition coefficient (Wildman–Crippen LogP) is 1.97. The largest absolute Gasteiger partial charge is 0.370 e. The molecule has 1 aromatic carbocycles. The van der Waals surface area contributed by atoms with Crippen LogP contribution >= 0.6 is 0 Å². The Balaban J connectivity index is 1.45. The van der Waals surface area contributed by atoms with Gasteiger partial charge in [0.15, 0.2) is 5.96 Å². The van der Waals surface area contributed by atoms with Crippen molar-refractivity contribution in [1.29, 1.82) is 0 Å². The third kappa shape index (κ3) is 5.46. The van der Waals surface area contributed by atoms with Crippen LogP contribution in [0.5, 0.6) is 0 Å². The highest BCUT2D eigenvalue weighted by Crippen LogP contribution is 2.04. The van der Waals surface area contributed by atoms with Gasteiger partial charge >= 0.3 is 0 Å². The van der Waals surface area contributed by atoms with Crippen LogP contribution in [0.15, 0.2) is 72.1 Å². The van der Waals surface area contributed by atoms with Gasteiger partial charge in [0.25, 0.3) is 0 Å². The first-order valence-corrected chi connectivity index (χ1v) is 8.28. The maximum atomic E-state index is 5.91. The fraction of sp³-hybridized carbons (Fsp3) is 0.211. The highest BCUT2D eigenvalue weighted by molar-refractivity contribution is 5.77. The van der Waals surface area contributed by atoms with E-state index in [-0.39, 0.29) is 0 Å². The summed E-state index contributed by atoms with van der Waals surface area (Å²) < 4.78 is 1.91. The van der Waals surface area contributed by atoms with E-state index in [0.29, 0.717) is 19.0 Å². The molecule has 128 valence electrons. The molecule has 3 N–H and O–H groups in total. The fourth-order valence-electron chi connectivity index (χ4n) is 2.44. The van der Waals surface area contributed by atoms with Gasteiger partial charge in [-0.05, 0) is 17.7 Å². The van der Waals surface area contributed by atoms with Gasteiger partial charge < -0.3 is 11.1 Å². The Bertz CT molecular complexity index is 795.